The van der Waals surface area contributed by atoms with E-state index >= 15 is 0 Å². The molecule has 1 atom stereocenters. The monoisotopic (exact) mass is 224 g/mol. The molecule has 3 heteroatoms. The second kappa shape index (κ2) is 5.41. The van der Waals surface area contributed by atoms with Gasteiger partial charge in [0.1, 0.15) is 5.82 Å². The summed E-state index contributed by atoms with van der Waals surface area (Å²) in [4.78, 5) is 0. The lowest BCUT2D eigenvalue weighted by Crippen LogP contribution is -2.53. The van der Waals surface area contributed by atoms with Crippen molar-refractivity contribution in [2.75, 3.05) is 6.54 Å². The maximum Gasteiger partial charge on any atom is 0.123 e. The van der Waals surface area contributed by atoms with Gasteiger partial charge >= 0.3 is 0 Å². The highest BCUT2D eigenvalue weighted by Crippen LogP contribution is 2.13. The van der Waals surface area contributed by atoms with E-state index in [1.165, 1.54) is 12.1 Å². The first-order valence-electron chi connectivity index (χ1n) is 5.67. The Bertz CT molecular complexity index is 321. The number of halogens is 1. The first-order valence-corrected chi connectivity index (χ1v) is 5.67. The summed E-state index contributed by atoms with van der Waals surface area (Å²) in [6, 6.07) is 6.98. The van der Waals surface area contributed by atoms with Crippen molar-refractivity contribution in [3.8, 4) is 0 Å². The van der Waals surface area contributed by atoms with Gasteiger partial charge in [0.15, 0.2) is 0 Å². The van der Waals surface area contributed by atoms with Gasteiger partial charge in [0.25, 0.3) is 0 Å². The molecular formula is C13H21FN2. The van der Waals surface area contributed by atoms with E-state index in [9.17, 15) is 4.39 Å². The molecule has 0 fully saturated rings. The van der Waals surface area contributed by atoms with Crippen molar-refractivity contribution in [1.82, 2.24) is 5.32 Å². The average molecular weight is 224 g/mol. The van der Waals surface area contributed by atoms with Crippen molar-refractivity contribution in [2.24, 2.45) is 5.73 Å². The fourth-order valence-corrected chi connectivity index (χ4v) is 1.93. The summed E-state index contributed by atoms with van der Waals surface area (Å²) < 4.78 is 12.8. The van der Waals surface area contributed by atoms with Gasteiger partial charge in [-0.15, -0.1) is 0 Å². The van der Waals surface area contributed by atoms with Crippen LogP contribution in [0.25, 0.3) is 0 Å². The Balaban J connectivity index is 2.72. The highest BCUT2D eigenvalue weighted by molar-refractivity contribution is 5.19. The highest BCUT2D eigenvalue weighted by atomic mass is 19.1. The number of rotatable bonds is 5. The molecule has 90 valence electrons. The average Bonchev–Trinajstić information content (AvgIpc) is 2.20. The first-order chi connectivity index (χ1) is 7.45. The molecule has 0 aromatic heterocycles. The van der Waals surface area contributed by atoms with Gasteiger partial charge in [-0.25, -0.2) is 4.39 Å². The predicted octanol–water partition coefficient (Wildman–Crippen LogP) is 2.08. The molecule has 0 bridgehead atoms. The SMILES string of the molecule is CC(C)NC(C)(CN)Cc1ccc(F)cc1. The fourth-order valence-electron chi connectivity index (χ4n) is 1.93. The third-order valence-corrected chi connectivity index (χ3v) is 2.60. The maximum absolute atomic E-state index is 12.8. The Labute approximate surface area is 97.0 Å². The third kappa shape index (κ3) is 3.91. The number of benzene rings is 1. The maximum atomic E-state index is 12.8. The number of hydrogen-bond donors (Lipinski definition) is 2. The van der Waals surface area contributed by atoms with Crippen LogP contribution in [-0.4, -0.2) is 18.1 Å². The number of nitrogens with one attached hydrogen (secondary N) is 1. The molecule has 0 aliphatic heterocycles. The molecule has 1 aromatic rings. The highest BCUT2D eigenvalue weighted by Gasteiger charge is 2.23. The van der Waals surface area contributed by atoms with Crippen molar-refractivity contribution < 1.29 is 4.39 Å². The molecule has 16 heavy (non-hydrogen) atoms. The smallest absolute Gasteiger partial charge is 0.123 e. The largest absolute Gasteiger partial charge is 0.329 e. The number of nitrogens with two attached hydrogens (primary N) is 1. The molecule has 0 radical (unpaired) electrons. The molecule has 1 unspecified atom stereocenters. The topological polar surface area (TPSA) is 38.0 Å². The molecule has 1 aromatic carbocycles. The van der Waals surface area contributed by atoms with E-state index < -0.39 is 0 Å². The zero-order valence-electron chi connectivity index (χ0n) is 10.3. The van der Waals surface area contributed by atoms with E-state index in [2.05, 4.69) is 26.1 Å². The Hall–Kier alpha value is -0.930. The molecule has 0 amide bonds. The summed E-state index contributed by atoms with van der Waals surface area (Å²) in [5.41, 5.74) is 6.76. The predicted molar refractivity (Wildman–Crippen MR) is 65.8 cm³/mol. The van der Waals surface area contributed by atoms with Crippen molar-refractivity contribution >= 4 is 0 Å². The van der Waals surface area contributed by atoms with Gasteiger partial charge in [0, 0.05) is 18.1 Å². The van der Waals surface area contributed by atoms with E-state index in [1.807, 2.05) is 12.1 Å². The van der Waals surface area contributed by atoms with Gasteiger partial charge < -0.3 is 11.1 Å². The number of hydrogen-bond acceptors (Lipinski definition) is 2. The van der Waals surface area contributed by atoms with Crippen molar-refractivity contribution in [1.29, 1.82) is 0 Å². The van der Waals surface area contributed by atoms with Gasteiger partial charge in [0.2, 0.25) is 0 Å². The zero-order chi connectivity index (χ0) is 12.2. The molecule has 0 heterocycles. The minimum atomic E-state index is -0.199. The molecule has 0 spiro atoms. The molecule has 1 rings (SSSR count). The molecule has 0 saturated carbocycles. The Morgan fingerprint density at radius 1 is 1.31 bits per heavy atom. The standard InChI is InChI=1S/C13H21FN2/c1-10(2)16-13(3,9-15)8-11-4-6-12(14)7-5-11/h4-7,10,16H,8-9,15H2,1-3H3. The fraction of sp³-hybridized carbons (Fsp3) is 0.538. The first kappa shape index (κ1) is 13.1. The normalized spacial score (nSPS) is 15.1. The molecular weight excluding hydrogens is 203 g/mol. The second-order valence-corrected chi connectivity index (χ2v) is 4.87. The Kier molecular flexibility index (Phi) is 4.44. The summed E-state index contributed by atoms with van der Waals surface area (Å²) in [5.74, 6) is -0.199. The Morgan fingerprint density at radius 2 is 1.88 bits per heavy atom. The van der Waals surface area contributed by atoms with Crippen LogP contribution in [0.2, 0.25) is 0 Å². The lowest BCUT2D eigenvalue weighted by atomic mass is 9.92. The van der Waals surface area contributed by atoms with Gasteiger partial charge in [-0.2, -0.15) is 0 Å². The molecule has 0 aliphatic rings. The summed E-state index contributed by atoms with van der Waals surface area (Å²) >= 11 is 0. The zero-order valence-corrected chi connectivity index (χ0v) is 10.3. The summed E-state index contributed by atoms with van der Waals surface area (Å²) in [6.07, 6.45) is 0.808. The van der Waals surface area contributed by atoms with Gasteiger partial charge in [0.05, 0.1) is 0 Å². The Morgan fingerprint density at radius 3 is 2.31 bits per heavy atom. The van der Waals surface area contributed by atoms with E-state index in [1.54, 1.807) is 0 Å². The molecule has 2 nitrogen and oxygen atoms in total. The van der Waals surface area contributed by atoms with Crippen molar-refractivity contribution in [3.63, 3.8) is 0 Å². The van der Waals surface area contributed by atoms with E-state index in [0.29, 0.717) is 12.6 Å². The molecule has 0 aliphatic carbocycles. The van der Waals surface area contributed by atoms with Gasteiger partial charge in [-0.3, -0.25) is 0 Å². The van der Waals surface area contributed by atoms with E-state index in [0.717, 1.165) is 12.0 Å². The van der Waals surface area contributed by atoms with Gasteiger partial charge in [-0.05, 0) is 31.0 Å². The van der Waals surface area contributed by atoms with Crippen LogP contribution >= 0.6 is 0 Å². The quantitative estimate of drug-likeness (QED) is 0.803. The second-order valence-electron chi connectivity index (χ2n) is 4.87. The lowest BCUT2D eigenvalue weighted by Gasteiger charge is -2.32. The van der Waals surface area contributed by atoms with Crippen LogP contribution in [0.15, 0.2) is 24.3 Å². The third-order valence-electron chi connectivity index (χ3n) is 2.60. The van der Waals surface area contributed by atoms with Crippen LogP contribution in [0.5, 0.6) is 0 Å². The van der Waals surface area contributed by atoms with Crippen LogP contribution in [-0.2, 0) is 6.42 Å². The van der Waals surface area contributed by atoms with E-state index in [4.69, 9.17) is 5.73 Å². The molecule has 0 saturated heterocycles. The summed E-state index contributed by atoms with van der Waals surface area (Å²) in [6.45, 7) is 6.84. The lowest BCUT2D eigenvalue weighted by molar-refractivity contribution is 0.331. The van der Waals surface area contributed by atoms with Crippen LogP contribution in [0.1, 0.15) is 26.3 Å². The van der Waals surface area contributed by atoms with Crippen molar-refractivity contribution in [3.05, 3.63) is 35.6 Å². The van der Waals surface area contributed by atoms with Crippen LogP contribution in [0.3, 0.4) is 0 Å². The van der Waals surface area contributed by atoms with Crippen molar-refractivity contribution in [2.45, 2.75) is 38.8 Å². The minimum absolute atomic E-state index is 0.133. The van der Waals surface area contributed by atoms with Crippen LogP contribution in [0, 0.1) is 5.82 Å². The summed E-state index contributed by atoms with van der Waals surface area (Å²) in [7, 11) is 0. The molecule has 3 N–H and O–H groups in total. The van der Waals surface area contributed by atoms with Crippen LogP contribution < -0.4 is 11.1 Å². The minimum Gasteiger partial charge on any atom is -0.329 e. The van der Waals surface area contributed by atoms with Crippen LogP contribution in [0.4, 0.5) is 4.39 Å². The van der Waals surface area contributed by atoms with E-state index in [-0.39, 0.29) is 11.4 Å². The van der Waals surface area contributed by atoms with Gasteiger partial charge in [-0.1, -0.05) is 26.0 Å². The summed E-state index contributed by atoms with van der Waals surface area (Å²) in [5, 5.41) is 3.45.